The number of nitrogens with one attached hydrogen (secondary N) is 2. The van der Waals surface area contributed by atoms with E-state index >= 15 is 0 Å². The van der Waals surface area contributed by atoms with Crippen LogP contribution in [0.4, 0.5) is 11.5 Å². The van der Waals surface area contributed by atoms with E-state index < -0.39 is 0 Å². The number of aryl methyl sites for hydroxylation is 1. The Morgan fingerprint density at radius 2 is 1.88 bits per heavy atom. The molecule has 6 heterocycles. The molecule has 0 bridgehead atoms. The van der Waals surface area contributed by atoms with Gasteiger partial charge < -0.3 is 24.5 Å². The molecule has 7 rings (SSSR count). The predicted molar refractivity (Wildman–Crippen MR) is 157 cm³/mol. The molecule has 6 aromatic rings. The van der Waals surface area contributed by atoms with Crippen LogP contribution in [0.3, 0.4) is 0 Å². The highest BCUT2D eigenvalue weighted by Crippen LogP contribution is 2.38. The van der Waals surface area contributed by atoms with E-state index in [2.05, 4.69) is 15.7 Å². The summed E-state index contributed by atoms with van der Waals surface area (Å²) in [4.78, 5) is 32.3. The molecule has 1 aliphatic rings. The molecule has 0 fully saturated rings. The summed E-state index contributed by atoms with van der Waals surface area (Å²) < 4.78 is 8.99. The third-order valence-electron chi connectivity index (χ3n) is 7.49. The predicted octanol–water partition coefficient (Wildman–Crippen LogP) is 4.56. The van der Waals surface area contributed by atoms with Gasteiger partial charge in [-0.3, -0.25) is 9.59 Å². The molecule has 0 saturated carbocycles. The summed E-state index contributed by atoms with van der Waals surface area (Å²) >= 11 is 0. The van der Waals surface area contributed by atoms with Gasteiger partial charge in [0.05, 0.1) is 34.9 Å². The molecule has 41 heavy (non-hydrogen) atoms. The normalized spacial score (nSPS) is 12.8. The molecule has 0 unspecified atom stereocenters. The number of rotatable bonds is 6. The second-order valence-electron chi connectivity index (χ2n) is 10.5. The molecule has 0 radical (unpaired) electrons. The van der Waals surface area contributed by atoms with Crippen LogP contribution in [0, 0.1) is 0 Å². The molecule has 1 aromatic carbocycles. The molecular formula is C31H27N7O3. The number of benzene rings is 1. The van der Waals surface area contributed by atoms with Gasteiger partial charge in [-0.2, -0.15) is 5.10 Å². The topological polar surface area (TPSA) is 110 Å². The minimum Gasteiger partial charge on any atom is -0.464 e. The zero-order valence-corrected chi connectivity index (χ0v) is 22.8. The summed E-state index contributed by atoms with van der Waals surface area (Å²) in [5.74, 6) is 0.472. The molecule has 1 amide bonds. The van der Waals surface area contributed by atoms with E-state index in [9.17, 15) is 9.59 Å². The van der Waals surface area contributed by atoms with Crippen molar-refractivity contribution in [3.63, 3.8) is 0 Å². The minimum absolute atomic E-state index is 0.0816. The summed E-state index contributed by atoms with van der Waals surface area (Å²) in [6.45, 7) is 0.994. The molecule has 5 aromatic heterocycles. The highest BCUT2D eigenvalue weighted by molar-refractivity contribution is 6.08. The van der Waals surface area contributed by atoms with E-state index in [4.69, 9.17) is 9.40 Å². The van der Waals surface area contributed by atoms with Gasteiger partial charge >= 0.3 is 0 Å². The lowest BCUT2D eigenvalue weighted by atomic mass is 9.95. The van der Waals surface area contributed by atoms with Gasteiger partial charge in [0, 0.05) is 55.1 Å². The van der Waals surface area contributed by atoms with Gasteiger partial charge in [0.2, 0.25) is 0 Å². The number of hydrogen-bond acceptors (Lipinski definition) is 7. The van der Waals surface area contributed by atoms with Crippen LogP contribution in [-0.4, -0.2) is 44.1 Å². The number of furan rings is 1. The summed E-state index contributed by atoms with van der Waals surface area (Å²) in [7, 11) is 5.68. The van der Waals surface area contributed by atoms with Crippen LogP contribution in [0.25, 0.3) is 38.7 Å². The number of nitrogens with zero attached hydrogens (tertiary/aromatic N) is 5. The van der Waals surface area contributed by atoms with Crippen LogP contribution < -0.4 is 16.2 Å². The lowest BCUT2D eigenvalue weighted by Gasteiger charge is -2.17. The summed E-state index contributed by atoms with van der Waals surface area (Å²) in [6.07, 6.45) is 7.13. The first-order valence-electron chi connectivity index (χ1n) is 13.2. The van der Waals surface area contributed by atoms with Crippen LogP contribution >= 0.6 is 0 Å². The lowest BCUT2D eigenvalue weighted by Crippen LogP contribution is -2.16. The Kier molecular flexibility index (Phi) is 5.72. The third-order valence-corrected chi connectivity index (χ3v) is 7.49. The van der Waals surface area contributed by atoms with Crippen molar-refractivity contribution < 1.29 is 9.21 Å². The average molecular weight is 546 g/mol. The number of amides is 1. The molecule has 0 aliphatic carbocycles. The highest BCUT2D eigenvalue weighted by atomic mass is 16.3. The van der Waals surface area contributed by atoms with Crippen molar-refractivity contribution >= 4 is 33.9 Å². The maximum absolute atomic E-state index is 13.1. The molecule has 0 spiro atoms. The van der Waals surface area contributed by atoms with E-state index in [0.29, 0.717) is 30.2 Å². The SMILES string of the molecule is CN(C)Cc1nc(Nc2ccc(-c3cnn4ccc5occc5c34)c3c2C(=O)NC3)ccc1-c1ccn(C)c(=O)c1. The second-order valence-corrected chi connectivity index (χ2v) is 10.5. The van der Waals surface area contributed by atoms with Crippen molar-refractivity contribution in [1.82, 2.24) is 29.4 Å². The fraction of sp³-hybridized carbons (Fsp3) is 0.161. The summed E-state index contributed by atoms with van der Waals surface area (Å²) in [6, 6.07) is 15.1. The van der Waals surface area contributed by atoms with E-state index in [0.717, 1.165) is 50.0 Å². The first-order chi connectivity index (χ1) is 19.9. The van der Waals surface area contributed by atoms with Crippen molar-refractivity contribution in [1.29, 1.82) is 0 Å². The number of aromatic nitrogens is 4. The van der Waals surface area contributed by atoms with E-state index in [1.807, 2.05) is 78.4 Å². The average Bonchev–Trinajstić information content (AvgIpc) is 3.69. The first kappa shape index (κ1) is 24.8. The van der Waals surface area contributed by atoms with Crippen molar-refractivity contribution in [2.24, 2.45) is 7.05 Å². The molecule has 10 heteroatoms. The first-order valence-corrected chi connectivity index (χ1v) is 13.2. The van der Waals surface area contributed by atoms with E-state index in [-0.39, 0.29) is 11.5 Å². The van der Waals surface area contributed by atoms with Gasteiger partial charge in [0.15, 0.2) is 0 Å². The lowest BCUT2D eigenvalue weighted by molar-refractivity contribution is 0.0966. The monoisotopic (exact) mass is 545 g/mol. The van der Waals surface area contributed by atoms with Crippen LogP contribution in [0.1, 0.15) is 21.6 Å². The minimum atomic E-state index is -0.139. The van der Waals surface area contributed by atoms with Gasteiger partial charge in [0.1, 0.15) is 11.4 Å². The van der Waals surface area contributed by atoms with E-state index in [1.165, 1.54) is 0 Å². The van der Waals surface area contributed by atoms with Crippen LogP contribution in [0.15, 0.2) is 82.6 Å². The zero-order valence-electron chi connectivity index (χ0n) is 22.8. The van der Waals surface area contributed by atoms with Gasteiger partial charge in [-0.25, -0.2) is 9.50 Å². The number of fused-ring (bicyclic) bond motifs is 4. The van der Waals surface area contributed by atoms with Gasteiger partial charge in [-0.05, 0) is 67.2 Å². The Morgan fingerprint density at radius 1 is 1.02 bits per heavy atom. The number of anilines is 2. The summed E-state index contributed by atoms with van der Waals surface area (Å²) in [5.41, 5.74) is 8.19. The zero-order chi connectivity index (χ0) is 28.2. The fourth-order valence-electron chi connectivity index (χ4n) is 5.54. The number of pyridine rings is 3. The smallest absolute Gasteiger partial charge is 0.254 e. The van der Waals surface area contributed by atoms with Crippen LogP contribution in [-0.2, 0) is 20.1 Å². The Morgan fingerprint density at radius 3 is 2.71 bits per heavy atom. The molecule has 1 aliphatic heterocycles. The van der Waals surface area contributed by atoms with Gasteiger partial charge in [-0.15, -0.1) is 0 Å². The molecule has 0 saturated heterocycles. The van der Waals surface area contributed by atoms with Crippen LogP contribution in [0.2, 0.25) is 0 Å². The summed E-state index contributed by atoms with van der Waals surface area (Å²) in [5, 5.41) is 11.9. The molecular weight excluding hydrogens is 518 g/mol. The molecule has 0 atom stereocenters. The Balaban J connectivity index is 1.30. The Hall–Kier alpha value is -5.22. The number of carbonyl (C=O) groups is 1. The van der Waals surface area contributed by atoms with Crippen molar-refractivity contribution in [2.75, 3.05) is 19.4 Å². The Labute approximate surface area is 234 Å². The van der Waals surface area contributed by atoms with Crippen molar-refractivity contribution in [3.05, 3.63) is 101 Å². The van der Waals surface area contributed by atoms with Gasteiger partial charge in [-0.1, -0.05) is 6.07 Å². The molecule has 2 N–H and O–H groups in total. The maximum Gasteiger partial charge on any atom is 0.254 e. The van der Waals surface area contributed by atoms with E-state index in [1.54, 1.807) is 30.1 Å². The highest BCUT2D eigenvalue weighted by Gasteiger charge is 2.28. The Bertz CT molecular complexity index is 2050. The van der Waals surface area contributed by atoms with Crippen molar-refractivity contribution in [3.8, 4) is 22.3 Å². The van der Waals surface area contributed by atoms with Crippen molar-refractivity contribution in [2.45, 2.75) is 13.1 Å². The van der Waals surface area contributed by atoms with Gasteiger partial charge in [0.25, 0.3) is 11.5 Å². The molecule has 10 nitrogen and oxygen atoms in total. The quantitative estimate of drug-likeness (QED) is 0.316. The molecule has 204 valence electrons. The standard InChI is InChI=1S/C31H27N7O3/c1-36(2)17-25-19(18-8-11-37(3)28(39)14-18)5-7-27(35-25)34-24-6-4-20(22-15-32-31(40)29(22)24)23-16-33-38-12-9-26-21(30(23)38)10-13-41-26/h4-14,16H,15,17H2,1-3H3,(H,32,40)(H,34,35). The number of carbonyl (C=O) groups excluding carboxylic acids is 1. The third kappa shape index (κ3) is 4.16. The largest absolute Gasteiger partial charge is 0.464 e. The fourth-order valence-corrected chi connectivity index (χ4v) is 5.54. The van der Waals surface area contributed by atoms with Crippen LogP contribution in [0.5, 0.6) is 0 Å². The number of hydrogen-bond donors (Lipinski definition) is 2. The maximum atomic E-state index is 13.1. The second kappa shape index (κ2) is 9.46.